The Hall–Kier alpha value is -3.52. The summed E-state index contributed by atoms with van der Waals surface area (Å²) in [6.07, 6.45) is 0. The number of anilines is 1. The quantitative estimate of drug-likeness (QED) is 0.449. The average Bonchev–Trinajstić information content (AvgIpc) is 3.30. The van der Waals surface area contributed by atoms with E-state index in [-0.39, 0.29) is 12.4 Å². The number of nitrogens with one attached hydrogen (secondary N) is 1. The van der Waals surface area contributed by atoms with E-state index in [4.69, 9.17) is 4.74 Å². The summed E-state index contributed by atoms with van der Waals surface area (Å²) in [5, 5.41) is 8.08. The van der Waals surface area contributed by atoms with Crippen LogP contribution in [0.5, 0.6) is 0 Å². The SMILES string of the molecule is Cc1cccc(C)c1NC(=O)COC(=O)c1cc2c(C)nn(-c3ccc(F)cc3)c2s1. The number of fused-ring (bicyclic) bond motifs is 1. The standard InChI is InChI=1S/C23H20FN3O3S/c1-13-5-4-6-14(2)21(13)25-20(28)12-30-23(29)19-11-18-15(3)26-27(22(18)31-19)17-9-7-16(24)8-10-17/h4-11H,12H2,1-3H3,(H,25,28). The Balaban J connectivity index is 1.49. The fraction of sp³-hybridized carbons (Fsp3) is 0.174. The Bertz CT molecular complexity index is 1270. The predicted octanol–water partition coefficient (Wildman–Crippen LogP) is 4.95. The van der Waals surface area contributed by atoms with Gasteiger partial charge in [-0.3, -0.25) is 4.79 Å². The summed E-state index contributed by atoms with van der Waals surface area (Å²) >= 11 is 1.21. The predicted molar refractivity (Wildman–Crippen MR) is 118 cm³/mol. The summed E-state index contributed by atoms with van der Waals surface area (Å²) in [6, 6.07) is 13.4. The molecule has 0 saturated heterocycles. The molecule has 0 aliphatic rings. The molecule has 6 nitrogen and oxygen atoms in total. The third-order valence-corrected chi connectivity index (χ3v) is 5.99. The van der Waals surface area contributed by atoms with Crippen molar-refractivity contribution in [3.8, 4) is 5.69 Å². The second-order valence-corrected chi connectivity index (χ2v) is 8.22. The number of aromatic nitrogens is 2. The lowest BCUT2D eigenvalue weighted by Gasteiger charge is -2.11. The maximum Gasteiger partial charge on any atom is 0.348 e. The van der Waals surface area contributed by atoms with E-state index in [0.29, 0.717) is 10.6 Å². The molecule has 4 rings (SSSR count). The molecule has 0 radical (unpaired) electrons. The number of amides is 1. The van der Waals surface area contributed by atoms with Crippen LogP contribution < -0.4 is 5.32 Å². The first-order chi connectivity index (χ1) is 14.8. The van der Waals surface area contributed by atoms with Crippen molar-refractivity contribution in [1.29, 1.82) is 0 Å². The lowest BCUT2D eigenvalue weighted by atomic mass is 10.1. The zero-order chi connectivity index (χ0) is 22.1. The molecule has 158 valence electrons. The second kappa shape index (κ2) is 8.31. The number of carbonyl (C=O) groups excluding carboxylic acids is 2. The van der Waals surface area contributed by atoms with Crippen molar-refractivity contribution in [3.05, 3.63) is 76.0 Å². The highest BCUT2D eigenvalue weighted by Crippen LogP contribution is 2.31. The molecule has 0 aliphatic carbocycles. The molecule has 0 spiro atoms. The van der Waals surface area contributed by atoms with Crippen LogP contribution in [-0.4, -0.2) is 28.3 Å². The van der Waals surface area contributed by atoms with Gasteiger partial charge in [0, 0.05) is 11.1 Å². The van der Waals surface area contributed by atoms with E-state index in [2.05, 4.69) is 10.4 Å². The summed E-state index contributed by atoms with van der Waals surface area (Å²) in [5.74, 6) is -1.32. The summed E-state index contributed by atoms with van der Waals surface area (Å²) in [7, 11) is 0. The first-order valence-corrected chi connectivity index (χ1v) is 10.4. The number of para-hydroxylation sites is 1. The highest BCUT2D eigenvalue weighted by molar-refractivity contribution is 7.20. The number of ether oxygens (including phenoxy) is 1. The molecule has 0 aliphatic heterocycles. The largest absolute Gasteiger partial charge is 0.451 e. The van der Waals surface area contributed by atoms with Crippen LogP contribution in [0.25, 0.3) is 15.9 Å². The topological polar surface area (TPSA) is 73.2 Å². The van der Waals surface area contributed by atoms with E-state index in [1.807, 2.05) is 39.0 Å². The van der Waals surface area contributed by atoms with Gasteiger partial charge in [0.1, 0.15) is 15.5 Å². The number of benzene rings is 2. The van der Waals surface area contributed by atoms with E-state index in [9.17, 15) is 14.0 Å². The van der Waals surface area contributed by atoms with Crippen molar-refractivity contribution in [1.82, 2.24) is 9.78 Å². The second-order valence-electron chi connectivity index (χ2n) is 7.19. The summed E-state index contributed by atoms with van der Waals surface area (Å²) in [6.45, 7) is 5.25. The van der Waals surface area contributed by atoms with Gasteiger partial charge in [-0.25, -0.2) is 13.9 Å². The zero-order valence-electron chi connectivity index (χ0n) is 17.2. The van der Waals surface area contributed by atoms with Gasteiger partial charge in [-0.1, -0.05) is 18.2 Å². The van der Waals surface area contributed by atoms with Crippen molar-refractivity contribution in [2.24, 2.45) is 0 Å². The Morgan fingerprint density at radius 1 is 1.10 bits per heavy atom. The zero-order valence-corrected chi connectivity index (χ0v) is 18.0. The molecule has 0 bridgehead atoms. The Kier molecular flexibility index (Phi) is 5.56. The maximum atomic E-state index is 13.2. The van der Waals surface area contributed by atoms with Gasteiger partial charge in [-0.2, -0.15) is 5.10 Å². The van der Waals surface area contributed by atoms with Crippen LogP contribution in [-0.2, 0) is 9.53 Å². The maximum absolute atomic E-state index is 13.2. The minimum Gasteiger partial charge on any atom is -0.451 e. The van der Waals surface area contributed by atoms with Crippen molar-refractivity contribution in [2.75, 3.05) is 11.9 Å². The summed E-state index contributed by atoms with van der Waals surface area (Å²) in [4.78, 5) is 25.9. The van der Waals surface area contributed by atoms with Gasteiger partial charge in [-0.05, 0) is 62.2 Å². The van der Waals surface area contributed by atoms with Gasteiger partial charge in [0.2, 0.25) is 0 Å². The molecule has 0 atom stereocenters. The first kappa shape index (κ1) is 20.7. The van der Waals surface area contributed by atoms with Gasteiger partial charge >= 0.3 is 5.97 Å². The molecule has 1 N–H and O–H groups in total. The number of carbonyl (C=O) groups is 2. The van der Waals surface area contributed by atoms with E-state index in [0.717, 1.165) is 32.7 Å². The van der Waals surface area contributed by atoms with Gasteiger partial charge in [0.15, 0.2) is 6.61 Å². The molecule has 1 amide bonds. The van der Waals surface area contributed by atoms with E-state index < -0.39 is 11.9 Å². The van der Waals surface area contributed by atoms with Crippen molar-refractivity contribution >= 4 is 39.1 Å². The van der Waals surface area contributed by atoms with Crippen LogP contribution in [0.4, 0.5) is 10.1 Å². The number of halogens is 1. The lowest BCUT2D eigenvalue weighted by molar-refractivity contribution is -0.119. The first-order valence-electron chi connectivity index (χ1n) is 9.62. The number of nitrogens with zero attached hydrogens (tertiary/aromatic N) is 2. The Labute approximate surface area is 182 Å². The monoisotopic (exact) mass is 437 g/mol. The number of aryl methyl sites for hydroxylation is 3. The number of rotatable bonds is 5. The van der Waals surface area contributed by atoms with E-state index in [1.165, 1.54) is 23.5 Å². The normalized spacial score (nSPS) is 11.0. The Morgan fingerprint density at radius 3 is 2.45 bits per heavy atom. The van der Waals surface area contributed by atoms with Crippen LogP contribution in [0.1, 0.15) is 26.5 Å². The van der Waals surface area contributed by atoms with Crippen molar-refractivity contribution in [2.45, 2.75) is 20.8 Å². The lowest BCUT2D eigenvalue weighted by Crippen LogP contribution is -2.21. The molecule has 0 saturated carbocycles. The third kappa shape index (κ3) is 4.20. The minimum atomic E-state index is -0.581. The number of esters is 1. The highest BCUT2D eigenvalue weighted by atomic mass is 32.1. The van der Waals surface area contributed by atoms with Crippen molar-refractivity contribution < 1.29 is 18.7 Å². The van der Waals surface area contributed by atoms with Crippen molar-refractivity contribution in [3.63, 3.8) is 0 Å². The van der Waals surface area contributed by atoms with Gasteiger partial charge < -0.3 is 10.1 Å². The molecule has 8 heteroatoms. The number of hydrogen-bond donors (Lipinski definition) is 1. The van der Waals surface area contributed by atoms with Gasteiger partial charge in [0.05, 0.1) is 11.4 Å². The molecule has 31 heavy (non-hydrogen) atoms. The molecule has 2 heterocycles. The molecular formula is C23H20FN3O3S. The smallest absolute Gasteiger partial charge is 0.348 e. The number of thiophene rings is 1. The Morgan fingerprint density at radius 2 is 1.77 bits per heavy atom. The molecule has 4 aromatic rings. The third-order valence-electron chi connectivity index (χ3n) is 4.90. The summed E-state index contributed by atoms with van der Waals surface area (Å²) in [5.41, 5.74) is 4.02. The van der Waals surface area contributed by atoms with Gasteiger partial charge in [-0.15, -0.1) is 11.3 Å². The van der Waals surface area contributed by atoms with E-state index in [1.54, 1.807) is 22.9 Å². The molecule has 2 aromatic carbocycles. The van der Waals surface area contributed by atoms with Crippen LogP contribution >= 0.6 is 11.3 Å². The van der Waals surface area contributed by atoms with Crippen LogP contribution in [0.15, 0.2) is 48.5 Å². The average molecular weight is 437 g/mol. The molecule has 2 aromatic heterocycles. The molecule has 0 fully saturated rings. The highest BCUT2D eigenvalue weighted by Gasteiger charge is 2.19. The van der Waals surface area contributed by atoms with Crippen LogP contribution in [0.2, 0.25) is 0 Å². The van der Waals surface area contributed by atoms with Crippen LogP contribution in [0.3, 0.4) is 0 Å². The fourth-order valence-corrected chi connectivity index (χ4v) is 4.37. The fourth-order valence-electron chi connectivity index (χ4n) is 3.29. The molecule has 0 unspecified atom stereocenters. The minimum absolute atomic E-state index is 0.335. The van der Waals surface area contributed by atoms with Gasteiger partial charge in [0.25, 0.3) is 5.91 Å². The van der Waals surface area contributed by atoms with E-state index >= 15 is 0 Å². The van der Waals surface area contributed by atoms with Crippen LogP contribution in [0, 0.1) is 26.6 Å². The summed E-state index contributed by atoms with van der Waals surface area (Å²) < 4.78 is 20.1. The number of hydrogen-bond acceptors (Lipinski definition) is 5. The molecular weight excluding hydrogens is 417 g/mol.